The molecule has 0 atom stereocenters. The molecule has 1 amide bonds. The highest BCUT2D eigenvalue weighted by molar-refractivity contribution is 5.82. The molecule has 0 aliphatic heterocycles. The third-order valence-corrected chi connectivity index (χ3v) is 5.70. The fraction of sp³-hybridized carbons (Fsp3) is 0.417. The summed E-state index contributed by atoms with van der Waals surface area (Å²) in [6.45, 7) is 14.1. The van der Waals surface area contributed by atoms with E-state index < -0.39 is 0 Å². The minimum absolute atomic E-state index is 0.0329. The number of benzene rings is 1. The van der Waals surface area contributed by atoms with Crippen LogP contribution in [0.25, 0.3) is 16.9 Å². The zero-order valence-corrected chi connectivity index (χ0v) is 18.2. The lowest BCUT2D eigenvalue weighted by Gasteiger charge is -2.18. The van der Waals surface area contributed by atoms with Crippen molar-refractivity contribution in [1.29, 1.82) is 0 Å². The number of pyridine rings is 1. The van der Waals surface area contributed by atoms with Crippen molar-refractivity contribution in [3.05, 3.63) is 58.9 Å². The average Bonchev–Trinajstić information content (AvgIpc) is 3.07. The van der Waals surface area contributed by atoms with E-state index in [0.717, 1.165) is 47.8 Å². The number of aryl methyl sites for hydroxylation is 3. The quantitative estimate of drug-likeness (QED) is 0.632. The van der Waals surface area contributed by atoms with Crippen molar-refractivity contribution in [3.63, 3.8) is 0 Å². The fourth-order valence-electron chi connectivity index (χ4n) is 3.65. The minimum atomic E-state index is 0.0329. The first-order chi connectivity index (χ1) is 13.9. The first-order valence-electron chi connectivity index (χ1n) is 10.5. The second-order valence-corrected chi connectivity index (χ2v) is 7.64. The van der Waals surface area contributed by atoms with E-state index in [1.54, 1.807) is 0 Å². The first-order valence-corrected chi connectivity index (χ1v) is 10.5. The van der Waals surface area contributed by atoms with Crippen molar-refractivity contribution in [2.75, 3.05) is 26.2 Å². The van der Waals surface area contributed by atoms with Crippen LogP contribution in [0.1, 0.15) is 36.2 Å². The van der Waals surface area contributed by atoms with Crippen LogP contribution in [-0.2, 0) is 11.2 Å². The van der Waals surface area contributed by atoms with E-state index in [4.69, 9.17) is 4.98 Å². The third-order valence-electron chi connectivity index (χ3n) is 5.70. The maximum absolute atomic E-state index is 12.7. The number of hydrogen-bond donors (Lipinski definition) is 1. The fourth-order valence-corrected chi connectivity index (χ4v) is 3.65. The van der Waals surface area contributed by atoms with Crippen LogP contribution >= 0.6 is 0 Å². The van der Waals surface area contributed by atoms with Gasteiger partial charge in [0, 0.05) is 24.8 Å². The second kappa shape index (κ2) is 9.23. The van der Waals surface area contributed by atoms with Crippen molar-refractivity contribution in [2.24, 2.45) is 0 Å². The van der Waals surface area contributed by atoms with Crippen molar-refractivity contribution < 1.29 is 4.79 Å². The summed E-state index contributed by atoms with van der Waals surface area (Å²) in [5.74, 6) is 0.0329. The molecule has 3 aromatic rings. The Balaban J connectivity index is 1.90. The van der Waals surface area contributed by atoms with E-state index in [0.29, 0.717) is 13.0 Å². The van der Waals surface area contributed by atoms with Gasteiger partial charge in [-0.25, -0.2) is 4.98 Å². The normalized spacial score (nSPS) is 11.4. The van der Waals surface area contributed by atoms with Crippen molar-refractivity contribution in [1.82, 2.24) is 19.6 Å². The molecule has 0 bridgehead atoms. The van der Waals surface area contributed by atoms with Gasteiger partial charge in [0.25, 0.3) is 0 Å². The molecule has 0 spiro atoms. The van der Waals surface area contributed by atoms with Crippen LogP contribution < -0.4 is 5.32 Å². The van der Waals surface area contributed by atoms with Crippen LogP contribution in [0.15, 0.2) is 36.5 Å². The molecule has 2 aromatic heterocycles. The Morgan fingerprint density at radius 3 is 2.52 bits per heavy atom. The Bertz CT molecular complexity index is 1000. The van der Waals surface area contributed by atoms with Crippen LogP contribution in [-0.4, -0.2) is 46.4 Å². The van der Waals surface area contributed by atoms with Gasteiger partial charge in [-0.15, -0.1) is 0 Å². The molecule has 0 radical (unpaired) electrons. The molecule has 1 aromatic carbocycles. The molecule has 0 saturated heterocycles. The van der Waals surface area contributed by atoms with Crippen LogP contribution in [0.2, 0.25) is 0 Å². The second-order valence-electron chi connectivity index (χ2n) is 7.64. The van der Waals surface area contributed by atoms with Crippen molar-refractivity contribution in [2.45, 2.75) is 41.0 Å². The zero-order chi connectivity index (χ0) is 21.0. The number of nitrogens with one attached hydrogen (secondary N) is 1. The lowest BCUT2D eigenvalue weighted by Crippen LogP contribution is -2.35. The van der Waals surface area contributed by atoms with Crippen LogP contribution in [0.3, 0.4) is 0 Å². The molecule has 0 fully saturated rings. The van der Waals surface area contributed by atoms with Gasteiger partial charge in [0.15, 0.2) is 0 Å². The number of amides is 1. The summed E-state index contributed by atoms with van der Waals surface area (Å²) >= 11 is 0. The number of hydrogen-bond acceptors (Lipinski definition) is 3. The van der Waals surface area contributed by atoms with Gasteiger partial charge in [-0.1, -0.05) is 32.0 Å². The van der Waals surface area contributed by atoms with Crippen molar-refractivity contribution in [3.8, 4) is 11.3 Å². The van der Waals surface area contributed by atoms with Gasteiger partial charge in [-0.05, 0) is 62.7 Å². The van der Waals surface area contributed by atoms with Gasteiger partial charge < -0.3 is 14.6 Å². The van der Waals surface area contributed by atoms with Gasteiger partial charge >= 0.3 is 0 Å². The Morgan fingerprint density at radius 1 is 1.07 bits per heavy atom. The lowest BCUT2D eigenvalue weighted by molar-refractivity contribution is -0.120. The zero-order valence-electron chi connectivity index (χ0n) is 18.2. The molecule has 29 heavy (non-hydrogen) atoms. The Morgan fingerprint density at radius 2 is 1.83 bits per heavy atom. The molecule has 2 heterocycles. The van der Waals surface area contributed by atoms with E-state index in [1.807, 2.05) is 12.3 Å². The van der Waals surface area contributed by atoms with E-state index in [9.17, 15) is 4.79 Å². The highest BCUT2D eigenvalue weighted by atomic mass is 16.1. The molecule has 1 N–H and O–H groups in total. The van der Waals surface area contributed by atoms with Crippen LogP contribution in [0, 0.1) is 20.8 Å². The molecular weight excluding hydrogens is 360 g/mol. The van der Waals surface area contributed by atoms with Gasteiger partial charge in [-0.2, -0.15) is 0 Å². The van der Waals surface area contributed by atoms with E-state index in [-0.39, 0.29) is 5.91 Å². The number of fused-ring (bicyclic) bond motifs is 1. The van der Waals surface area contributed by atoms with E-state index in [1.165, 1.54) is 11.1 Å². The maximum atomic E-state index is 12.7. The molecule has 0 aliphatic rings. The highest BCUT2D eigenvalue weighted by Gasteiger charge is 2.18. The SMILES string of the molecule is CCN(CC)CCNC(=O)Cc1c(-c2ccc(C)c(C)c2)nc2c(C)cccn12. The summed E-state index contributed by atoms with van der Waals surface area (Å²) in [7, 11) is 0. The molecule has 5 heteroatoms. The lowest BCUT2D eigenvalue weighted by atomic mass is 10.0. The van der Waals surface area contributed by atoms with Crippen LogP contribution in [0.4, 0.5) is 0 Å². The number of likely N-dealkylation sites (N-methyl/N-ethyl adjacent to an activating group) is 1. The van der Waals surface area contributed by atoms with Gasteiger partial charge in [0.1, 0.15) is 5.65 Å². The molecule has 5 nitrogen and oxygen atoms in total. The van der Waals surface area contributed by atoms with Gasteiger partial charge in [0.2, 0.25) is 5.91 Å². The van der Waals surface area contributed by atoms with Crippen LogP contribution in [0.5, 0.6) is 0 Å². The number of aromatic nitrogens is 2. The summed E-state index contributed by atoms with van der Waals surface area (Å²) in [5.41, 5.74) is 7.38. The number of carbonyl (C=O) groups excluding carboxylic acids is 1. The molecule has 154 valence electrons. The summed E-state index contributed by atoms with van der Waals surface area (Å²) in [4.78, 5) is 20.0. The third kappa shape index (κ3) is 4.67. The smallest absolute Gasteiger partial charge is 0.226 e. The highest BCUT2D eigenvalue weighted by Crippen LogP contribution is 2.27. The predicted molar refractivity (Wildman–Crippen MR) is 119 cm³/mol. The monoisotopic (exact) mass is 392 g/mol. The standard InChI is InChI=1S/C24H32N4O/c1-6-27(7-2)14-12-25-22(29)16-21-23(20-11-10-17(3)19(5)15-20)26-24-18(4)9-8-13-28(21)24/h8-11,13,15H,6-7,12,14,16H2,1-5H3,(H,25,29). The molecule has 0 unspecified atom stereocenters. The Labute approximate surface area is 173 Å². The Kier molecular flexibility index (Phi) is 6.70. The van der Waals surface area contributed by atoms with Crippen molar-refractivity contribution >= 4 is 11.6 Å². The summed E-state index contributed by atoms with van der Waals surface area (Å²) in [5, 5.41) is 3.08. The largest absolute Gasteiger partial charge is 0.354 e. The predicted octanol–water partition coefficient (Wildman–Crippen LogP) is 3.93. The molecule has 0 saturated carbocycles. The Hall–Kier alpha value is -2.66. The summed E-state index contributed by atoms with van der Waals surface area (Å²) < 4.78 is 2.06. The topological polar surface area (TPSA) is 49.6 Å². The van der Waals surface area contributed by atoms with Gasteiger partial charge in [-0.3, -0.25) is 4.79 Å². The maximum Gasteiger partial charge on any atom is 0.226 e. The van der Waals surface area contributed by atoms with Gasteiger partial charge in [0.05, 0.1) is 17.8 Å². The number of rotatable bonds is 8. The van der Waals surface area contributed by atoms with E-state index >= 15 is 0 Å². The summed E-state index contributed by atoms with van der Waals surface area (Å²) in [6.07, 6.45) is 2.31. The molecule has 0 aliphatic carbocycles. The summed E-state index contributed by atoms with van der Waals surface area (Å²) in [6, 6.07) is 10.4. The minimum Gasteiger partial charge on any atom is -0.354 e. The number of carbonyl (C=O) groups is 1. The molecular formula is C24H32N4O. The molecule has 3 rings (SSSR count). The van der Waals surface area contributed by atoms with E-state index in [2.05, 4.69) is 73.5 Å². The average molecular weight is 393 g/mol. The number of imidazole rings is 1. The first kappa shape index (κ1) is 21.1. The number of nitrogens with zero attached hydrogens (tertiary/aromatic N) is 3.